The summed E-state index contributed by atoms with van der Waals surface area (Å²) in [5.41, 5.74) is 1.40. The molecule has 0 heterocycles. The molecule has 0 N–H and O–H groups in total. The number of halogens is 1. The zero-order chi connectivity index (χ0) is 7.98. The van der Waals surface area contributed by atoms with Crippen molar-refractivity contribution in [2.24, 2.45) is 5.92 Å². The van der Waals surface area contributed by atoms with Gasteiger partial charge in [0.15, 0.2) is 0 Å². The maximum Gasteiger partial charge on any atom is 0.308 e. The molecule has 0 aliphatic rings. The van der Waals surface area contributed by atoms with Crippen LogP contribution in [0.15, 0.2) is 11.6 Å². The fourth-order valence-corrected chi connectivity index (χ4v) is 0.656. The van der Waals surface area contributed by atoms with Gasteiger partial charge in [-0.05, 0) is 6.42 Å². The van der Waals surface area contributed by atoms with E-state index in [9.17, 15) is 4.79 Å². The van der Waals surface area contributed by atoms with Crippen LogP contribution in [0.4, 0.5) is 0 Å². The van der Waals surface area contributed by atoms with Gasteiger partial charge in [-0.25, -0.2) is 0 Å². The molecule has 3 heteroatoms. The van der Waals surface area contributed by atoms with Crippen molar-refractivity contribution >= 4 is 17.6 Å². The van der Waals surface area contributed by atoms with E-state index in [0.29, 0.717) is 6.42 Å². The number of carbonyl (C=O) groups is 1. The molecule has 2 nitrogen and oxygen atoms in total. The predicted molar refractivity (Wildman–Crippen MR) is 40.8 cm³/mol. The summed E-state index contributed by atoms with van der Waals surface area (Å²) in [7, 11) is 1.38. The molecule has 0 aliphatic heterocycles. The first-order valence-electron chi connectivity index (χ1n) is 3.05. The number of ether oxygens (including phenoxy) is 1. The first-order chi connectivity index (χ1) is 4.72. The number of esters is 1. The largest absolute Gasteiger partial charge is 0.469 e. The molecular weight excluding hydrogens is 152 g/mol. The van der Waals surface area contributed by atoms with Crippen LogP contribution in [0, 0.1) is 5.92 Å². The van der Waals surface area contributed by atoms with Crippen LogP contribution in [0.25, 0.3) is 0 Å². The molecule has 10 heavy (non-hydrogen) atoms. The first kappa shape index (κ1) is 9.50. The highest BCUT2D eigenvalue weighted by Gasteiger charge is 2.09. The predicted octanol–water partition coefficient (Wildman–Crippen LogP) is 1.94. The summed E-state index contributed by atoms with van der Waals surface area (Å²) in [6.07, 6.45) is 2.36. The molecule has 0 saturated heterocycles. The highest BCUT2D eigenvalue weighted by Crippen LogP contribution is 2.04. The third kappa shape index (κ3) is 3.51. The average Bonchev–Trinajstić information content (AvgIpc) is 1.98. The molecule has 0 unspecified atom stereocenters. The summed E-state index contributed by atoms with van der Waals surface area (Å²) in [6.45, 7) is 1.79. The number of rotatable bonds is 3. The molecule has 0 aromatic heterocycles. The van der Waals surface area contributed by atoms with E-state index >= 15 is 0 Å². The fourth-order valence-electron chi connectivity index (χ4n) is 0.553. The molecular formula is C7H11ClO2. The Labute approximate surface area is 65.8 Å². The minimum Gasteiger partial charge on any atom is -0.469 e. The van der Waals surface area contributed by atoms with Gasteiger partial charge in [0.2, 0.25) is 0 Å². The molecule has 0 aromatic rings. The zero-order valence-electron chi connectivity index (χ0n) is 6.13. The zero-order valence-corrected chi connectivity index (χ0v) is 6.89. The maximum atomic E-state index is 10.7. The minimum atomic E-state index is -0.199. The number of methoxy groups -OCH3 is 1. The summed E-state index contributed by atoms with van der Waals surface area (Å²) in [6, 6.07) is 0. The lowest BCUT2D eigenvalue weighted by atomic mass is 10.1. The van der Waals surface area contributed by atoms with Crippen molar-refractivity contribution in [2.75, 3.05) is 7.11 Å². The lowest BCUT2D eigenvalue weighted by Crippen LogP contribution is -2.11. The molecule has 0 spiro atoms. The number of hydrogen-bond acceptors (Lipinski definition) is 2. The quantitative estimate of drug-likeness (QED) is 0.593. The van der Waals surface area contributed by atoms with Gasteiger partial charge in [0.1, 0.15) is 0 Å². The highest BCUT2D eigenvalue weighted by atomic mass is 35.5. The Morgan fingerprint density at radius 3 is 2.80 bits per heavy atom. The van der Waals surface area contributed by atoms with Crippen molar-refractivity contribution in [3.8, 4) is 0 Å². The molecule has 0 amide bonds. The van der Waals surface area contributed by atoms with E-state index < -0.39 is 0 Å². The molecule has 0 fully saturated rings. The second-order valence-corrected chi connectivity index (χ2v) is 2.27. The monoisotopic (exact) mass is 162 g/mol. The van der Waals surface area contributed by atoms with Gasteiger partial charge in [0, 0.05) is 5.54 Å². The molecule has 0 aliphatic carbocycles. The van der Waals surface area contributed by atoms with E-state index in [2.05, 4.69) is 4.74 Å². The van der Waals surface area contributed by atoms with Gasteiger partial charge in [-0.3, -0.25) is 4.79 Å². The Morgan fingerprint density at radius 1 is 1.80 bits per heavy atom. The molecule has 0 bridgehead atoms. The molecule has 0 aromatic carbocycles. The second-order valence-electron chi connectivity index (χ2n) is 2.02. The van der Waals surface area contributed by atoms with Crippen molar-refractivity contribution in [1.82, 2.24) is 0 Å². The summed E-state index contributed by atoms with van der Waals surface area (Å²) < 4.78 is 4.49. The molecule has 0 radical (unpaired) electrons. The Balaban J connectivity index is 3.61. The van der Waals surface area contributed by atoms with Crippen LogP contribution in [0.3, 0.4) is 0 Å². The Kier molecular flexibility index (Phi) is 5.03. The van der Waals surface area contributed by atoms with E-state index in [1.807, 2.05) is 0 Å². The standard InChI is InChI=1S/C7H11ClO2/c1-6(4-3-5-8)7(9)10-2/h3,5-6H,4H2,1-2H3/b5-3+/t6-/m1/s1. The van der Waals surface area contributed by atoms with Crippen molar-refractivity contribution in [2.45, 2.75) is 13.3 Å². The first-order valence-corrected chi connectivity index (χ1v) is 3.49. The third-order valence-electron chi connectivity index (χ3n) is 1.18. The van der Waals surface area contributed by atoms with E-state index in [4.69, 9.17) is 11.6 Å². The Bertz CT molecular complexity index is 132. The van der Waals surface area contributed by atoms with Crippen LogP contribution in [0.1, 0.15) is 13.3 Å². The van der Waals surface area contributed by atoms with Crippen LogP contribution >= 0.6 is 11.6 Å². The number of hydrogen-bond donors (Lipinski definition) is 0. The van der Waals surface area contributed by atoms with Gasteiger partial charge < -0.3 is 4.74 Å². The van der Waals surface area contributed by atoms with Gasteiger partial charge >= 0.3 is 5.97 Å². The Morgan fingerprint density at radius 2 is 2.40 bits per heavy atom. The summed E-state index contributed by atoms with van der Waals surface area (Å²) in [5, 5.41) is 0. The molecule has 0 saturated carbocycles. The highest BCUT2D eigenvalue weighted by molar-refractivity contribution is 6.25. The van der Waals surface area contributed by atoms with Crippen LogP contribution in [-0.4, -0.2) is 13.1 Å². The van der Waals surface area contributed by atoms with E-state index in [1.165, 1.54) is 12.6 Å². The summed E-state index contributed by atoms with van der Waals surface area (Å²) >= 11 is 5.26. The maximum absolute atomic E-state index is 10.7. The lowest BCUT2D eigenvalue weighted by Gasteiger charge is -2.03. The number of carbonyl (C=O) groups excluding carboxylic acids is 1. The van der Waals surface area contributed by atoms with Crippen LogP contribution < -0.4 is 0 Å². The third-order valence-corrected chi connectivity index (χ3v) is 1.36. The van der Waals surface area contributed by atoms with Crippen LogP contribution in [0.2, 0.25) is 0 Å². The van der Waals surface area contributed by atoms with Crippen molar-refractivity contribution in [3.05, 3.63) is 11.6 Å². The second kappa shape index (κ2) is 5.30. The van der Waals surface area contributed by atoms with Crippen LogP contribution in [0.5, 0.6) is 0 Å². The van der Waals surface area contributed by atoms with Crippen molar-refractivity contribution in [1.29, 1.82) is 0 Å². The average molecular weight is 163 g/mol. The number of allylic oxidation sites excluding steroid dienone is 1. The van der Waals surface area contributed by atoms with Gasteiger partial charge in [0.25, 0.3) is 0 Å². The van der Waals surface area contributed by atoms with Gasteiger partial charge in [0.05, 0.1) is 13.0 Å². The fraction of sp³-hybridized carbons (Fsp3) is 0.571. The molecule has 58 valence electrons. The molecule has 0 rings (SSSR count). The van der Waals surface area contributed by atoms with E-state index in [0.717, 1.165) is 0 Å². The van der Waals surface area contributed by atoms with Gasteiger partial charge in [-0.2, -0.15) is 0 Å². The van der Waals surface area contributed by atoms with Crippen molar-refractivity contribution in [3.63, 3.8) is 0 Å². The SMILES string of the molecule is COC(=O)[C@H](C)C/C=C/Cl. The van der Waals surface area contributed by atoms with Gasteiger partial charge in [-0.1, -0.05) is 24.6 Å². The normalized spacial score (nSPS) is 13.5. The summed E-state index contributed by atoms with van der Waals surface area (Å²) in [4.78, 5) is 10.7. The van der Waals surface area contributed by atoms with E-state index in [-0.39, 0.29) is 11.9 Å². The van der Waals surface area contributed by atoms with Gasteiger partial charge in [-0.15, -0.1) is 0 Å². The Hall–Kier alpha value is -0.500. The van der Waals surface area contributed by atoms with E-state index in [1.54, 1.807) is 13.0 Å². The smallest absolute Gasteiger partial charge is 0.308 e. The van der Waals surface area contributed by atoms with Crippen molar-refractivity contribution < 1.29 is 9.53 Å². The lowest BCUT2D eigenvalue weighted by molar-refractivity contribution is -0.144. The topological polar surface area (TPSA) is 26.3 Å². The van der Waals surface area contributed by atoms with Crippen LogP contribution in [-0.2, 0) is 9.53 Å². The summed E-state index contributed by atoms with van der Waals surface area (Å²) in [5.74, 6) is -0.297. The minimum absolute atomic E-state index is 0.0972. The molecule has 1 atom stereocenters.